The minimum absolute atomic E-state index is 0.108. The number of thiophene rings is 1. The molecule has 1 aliphatic heterocycles. The van der Waals surface area contributed by atoms with Gasteiger partial charge in [-0.05, 0) is 42.0 Å². The average molecular weight is 340 g/mol. The molecule has 122 valence electrons. The monoisotopic (exact) mass is 340 g/mol. The summed E-state index contributed by atoms with van der Waals surface area (Å²) >= 11 is 1.38. The molecule has 1 saturated heterocycles. The molecule has 1 aromatic heterocycles. The van der Waals surface area contributed by atoms with Crippen LogP contribution in [-0.4, -0.2) is 29.4 Å². The zero-order valence-electron chi connectivity index (χ0n) is 13.0. The SMILES string of the molecule is N#Cc1ccc(COC(=O)[C@@H]2CCCN2C(=O)c2cccs2)cc1. The van der Waals surface area contributed by atoms with Gasteiger partial charge in [-0.15, -0.1) is 11.3 Å². The number of likely N-dealkylation sites (tertiary alicyclic amines) is 1. The minimum atomic E-state index is -0.516. The average Bonchev–Trinajstić information content (AvgIpc) is 3.31. The van der Waals surface area contributed by atoms with Gasteiger partial charge in [-0.1, -0.05) is 18.2 Å². The third kappa shape index (κ3) is 3.47. The number of carbonyl (C=O) groups is 2. The van der Waals surface area contributed by atoms with Crippen LogP contribution in [-0.2, 0) is 16.1 Å². The first-order valence-electron chi connectivity index (χ1n) is 7.69. The lowest BCUT2D eigenvalue weighted by Crippen LogP contribution is -2.41. The van der Waals surface area contributed by atoms with E-state index in [1.54, 1.807) is 35.2 Å². The molecule has 1 aliphatic rings. The highest BCUT2D eigenvalue weighted by Crippen LogP contribution is 2.23. The van der Waals surface area contributed by atoms with Crippen LogP contribution >= 0.6 is 11.3 Å². The van der Waals surface area contributed by atoms with E-state index in [9.17, 15) is 9.59 Å². The van der Waals surface area contributed by atoms with Gasteiger partial charge >= 0.3 is 5.97 Å². The molecule has 1 aromatic carbocycles. The van der Waals surface area contributed by atoms with Crippen molar-refractivity contribution in [1.29, 1.82) is 5.26 Å². The molecule has 3 rings (SSSR count). The third-order valence-corrected chi connectivity index (χ3v) is 4.84. The van der Waals surface area contributed by atoms with Gasteiger partial charge in [0.1, 0.15) is 12.6 Å². The lowest BCUT2D eigenvalue weighted by atomic mass is 10.1. The van der Waals surface area contributed by atoms with E-state index in [-0.39, 0.29) is 18.5 Å². The molecule has 0 unspecified atom stereocenters. The van der Waals surface area contributed by atoms with Crippen LogP contribution < -0.4 is 0 Å². The molecular formula is C18H16N2O3S. The standard InChI is InChI=1S/C18H16N2O3S/c19-11-13-5-7-14(8-6-13)12-23-18(22)15-3-1-9-20(15)17(21)16-4-2-10-24-16/h2,4-8,10,15H,1,3,9,12H2/t15-/m0/s1. The van der Waals surface area contributed by atoms with Crippen LogP contribution in [0, 0.1) is 11.3 Å². The molecule has 1 atom stereocenters. The maximum absolute atomic E-state index is 12.5. The summed E-state index contributed by atoms with van der Waals surface area (Å²) in [7, 11) is 0. The van der Waals surface area contributed by atoms with Crippen molar-refractivity contribution in [1.82, 2.24) is 4.90 Å². The quantitative estimate of drug-likeness (QED) is 0.802. The minimum Gasteiger partial charge on any atom is -0.459 e. The van der Waals surface area contributed by atoms with Crippen molar-refractivity contribution in [2.75, 3.05) is 6.54 Å². The normalized spacial score (nSPS) is 16.6. The van der Waals surface area contributed by atoms with E-state index in [2.05, 4.69) is 0 Å². The molecule has 0 aliphatic carbocycles. The van der Waals surface area contributed by atoms with E-state index in [4.69, 9.17) is 10.00 Å². The van der Waals surface area contributed by atoms with Crippen molar-refractivity contribution in [3.63, 3.8) is 0 Å². The Kier molecular flexibility index (Phi) is 4.92. The Labute approximate surface area is 144 Å². The van der Waals surface area contributed by atoms with E-state index in [1.807, 2.05) is 17.5 Å². The number of esters is 1. The Hall–Kier alpha value is -2.65. The van der Waals surface area contributed by atoms with Crippen LogP contribution in [0.4, 0.5) is 0 Å². The van der Waals surface area contributed by atoms with Gasteiger partial charge in [0.25, 0.3) is 5.91 Å². The zero-order chi connectivity index (χ0) is 16.9. The zero-order valence-corrected chi connectivity index (χ0v) is 13.8. The largest absolute Gasteiger partial charge is 0.459 e. The van der Waals surface area contributed by atoms with E-state index in [0.29, 0.717) is 23.4 Å². The van der Waals surface area contributed by atoms with Crippen LogP contribution in [0.1, 0.15) is 33.6 Å². The summed E-state index contributed by atoms with van der Waals surface area (Å²) in [6, 6.07) is 12.0. The smallest absolute Gasteiger partial charge is 0.329 e. The van der Waals surface area contributed by atoms with Gasteiger partial charge < -0.3 is 9.64 Å². The highest BCUT2D eigenvalue weighted by molar-refractivity contribution is 7.12. The first kappa shape index (κ1) is 16.2. The summed E-state index contributed by atoms with van der Waals surface area (Å²) in [5.74, 6) is -0.482. The van der Waals surface area contributed by atoms with Crippen molar-refractivity contribution in [2.24, 2.45) is 0 Å². The summed E-state index contributed by atoms with van der Waals surface area (Å²) in [6.07, 6.45) is 1.43. The summed E-state index contributed by atoms with van der Waals surface area (Å²) in [6.45, 7) is 0.718. The second-order valence-corrected chi connectivity index (χ2v) is 6.50. The fourth-order valence-corrected chi connectivity index (χ4v) is 3.40. The van der Waals surface area contributed by atoms with E-state index in [1.165, 1.54) is 11.3 Å². The van der Waals surface area contributed by atoms with E-state index in [0.717, 1.165) is 12.0 Å². The Morgan fingerprint density at radius 1 is 1.29 bits per heavy atom. The molecule has 1 amide bonds. The van der Waals surface area contributed by atoms with Crippen molar-refractivity contribution >= 4 is 23.2 Å². The maximum atomic E-state index is 12.5. The molecule has 0 N–H and O–H groups in total. The van der Waals surface area contributed by atoms with Crippen LogP contribution in [0.25, 0.3) is 0 Å². The number of rotatable bonds is 4. The number of nitrogens with zero attached hydrogens (tertiary/aromatic N) is 2. The van der Waals surface area contributed by atoms with Gasteiger partial charge in [-0.3, -0.25) is 4.79 Å². The number of amides is 1. The molecule has 0 spiro atoms. The van der Waals surface area contributed by atoms with Crippen molar-refractivity contribution in [3.8, 4) is 6.07 Å². The summed E-state index contributed by atoms with van der Waals surface area (Å²) in [5, 5.41) is 10.6. The molecule has 0 saturated carbocycles. The van der Waals surface area contributed by atoms with Gasteiger partial charge in [0.15, 0.2) is 0 Å². The molecule has 2 aromatic rings. The molecule has 1 fully saturated rings. The maximum Gasteiger partial charge on any atom is 0.329 e. The topological polar surface area (TPSA) is 70.4 Å². The van der Waals surface area contributed by atoms with Crippen molar-refractivity contribution in [2.45, 2.75) is 25.5 Å². The molecular weight excluding hydrogens is 324 g/mol. The van der Waals surface area contributed by atoms with Gasteiger partial charge in [0, 0.05) is 6.54 Å². The predicted molar refractivity (Wildman–Crippen MR) is 89.3 cm³/mol. The first-order valence-corrected chi connectivity index (χ1v) is 8.57. The summed E-state index contributed by atoms with van der Waals surface area (Å²) in [4.78, 5) is 27.1. The Balaban J connectivity index is 1.61. The second kappa shape index (κ2) is 7.28. The lowest BCUT2D eigenvalue weighted by molar-refractivity contribution is -0.149. The van der Waals surface area contributed by atoms with Crippen LogP contribution in [0.3, 0.4) is 0 Å². The Morgan fingerprint density at radius 3 is 2.75 bits per heavy atom. The van der Waals surface area contributed by atoms with Crippen molar-refractivity contribution < 1.29 is 14.3 Å². The highest BCUT2D eigenvalue weighted by atomic mass is 32.1. The first-order chi connectivity index (χ1) is 11.7. The van der Waals surface area contributed by atoms with Crippen LogP contribution in [0.5, 0.6) is 0 Å². The molecule has 5 nitrogen and oxygen atoms in total. The molecule has 24 heavy (non-hydrogen) atoms. The molecule has 0 radical (unpaired) electrons. The number of hydrogen-bond donors (Lipinski definition) is 0. The molecule has 6 heteroatoms. The number of carbonyl (C=O) groups excluding carboxylic acids is 2. The third-order valence-electron chi connectivity index (χ3n) is 3.98. The van der Waals surface area contributed by atoms with Gasteiger partial charge in [0.05, 0.1) is 16.5 Å². The fourth-order valence-electron chi connectivity index (χ4n) is 2.72. The number of ether oxygens (including phenoxy) is 1. The van der Waals surface area contributed by atoms with Crippen molar-refractivity contribution in [3.05, 3.63) is 57.8 Å². The molecule has 2 heterocycles. The summed E-state index contributed by atoms with van der Waals surface area (Å²) in [5.41, 5.74) is 1.38. The Bertz CT molecular complexity index is 763. The number of hydrogen-bond acceptors (Lipinski definition) is 5. The van der Waals surface area contributed by atoms with E-state index < -0.39 is 6.04 Å². The second-order valence-electron chi connectivity index (χ2n) is 5.55. The van der Waals surface area contributed by atoms with E-state index >= 15 is 0 Å². The van der Waals surface area contributed by atoms with Gasteiger partial charge in [0.2, 0.25) is 0 Å². The molecule has 0 bridgehead atoms. The fraction of sp³-hybridized carbons (Fsp3) is 0.278. The predicted octanol–water partition coefficient (Wildman–Crippen LogP) is 2.97. The summed E-state index contributed by atoms with van der Waals surface area (Å²) < 4.78 is 5.37. The van der Waals surface area contributed by atoms with Crippen LogP contribution in [0.15, 0.2) is 41.8 Å². The van der Waals surface area contributed by atoms with Crippen LogP contribution in [0.2, 0.25) is 0 Å². The Morgan fingerprint density at radius 2 is 2.08 bits per heavy atom. The van der Waals surface area contributed by atoms with Gasteiger partial charge in [-0.2, -0.15) is 5.26 Å². The lowest BCUT2D eigenvalue weighted by Gasteiger charge is -2.22. The number of benzene rings is 1. The highest BCUT2D eigenvalue weighted by Gasteiger charge is 2.35. The van der Waals surface area contributed by atoms with Gasteiger partial charge in [-0.25, -0.2) is 4.79 Å². The number of nitriles is 1.